The van der Waals surface area contributed by atoms with Gasteiger partial charge in [0.15, 0.2) is 11.4 Å². The lowest BCUT2D eigenvalue weighted by atomic mass is 10.2. The number of nitrogens with zero attached hydrogens (tertiary/aromatic N) is 4. The van der Waals surface area contributed by atoms with Crippen molar-refractivity contribution in [2.24, 2.45) is 0 Å². The molecule has 0 saturated carbocycles. The smallest absolute Gasteiger partial charge is 0.435 e. The summed E-state index contributed by atoms with van der Waals surface area (Å²) in [7, 11) is 1.51. The summed E-state index contributed by atoms with van der Waals surface area (Å²) in [4.78, 5) is 16.4. The first-order chi connectivity index (χ1) is 14.3. The van der Waals surface area contributed by atoms with Crippen molar-refractivity contribution < 1.29 is 31.8 Å². The van der Waals surface area contributed by atoms with E-state index in [2.05, 4.69) is 20.6 Å². The van der Waals surface area contributed by atoms with Crippen molar-refractivity contribution in [3.63, 3.8) is 0 Å². The zero-order valence-corrected chi connectivity index (χ0v) is 15.5. The SMILES string of the molecule is COCCOc1ccc(NC(=O)c2nnn(-c3ccc(F)cc3)c2C(F)(F)F)cn1. The van der Waals surface area contributed by atoms with Gasteiger partial charge in [0.05, 0.1) is 24.2 Å². The standard InChI is InChI=1S/C18H15F4N5O3/c1-29-8-9-30-14-7-4-12(10-23-14)24-17(28)15-16(18(20,21)22)27(26-25-15)13-5-2-11(19)3-6-13/h2-7,10H,8-9H2,1H3,(H,24,28). The third kappa shape index (κ3) is 4.89. The number of alkyl halides is 3. The molecule has 0 bridgehead atoms. The molecular formula is C18H15F4N5O3. The Labute approximate surface area is 167 Å². The normalized spacial score (nSPS) is 11.4. The third-order valence-electron chi connectivity index (χ3n) is 3.76. The fourth-order valence-corrected chi connectivity index (χ4v) is 2.41. The van der Waals surface area contributed by atoms with Gasteiger partial charge < -0.3 is 14.8 Å². The summed E-state index contributed by atoms with van der Waals surface area (Å²) in [6, 6.07) is 6.97. The summed E-state index contributed by atoms with van der Waals surface area (Å²) >= 11 is 0. The molecule has 12 heteroatoms. The fraction of sp³-hybridized carbons (Fsp3) is 0.222. The Morgan fingerprint density at radius 2 is 1.87 bits per heavy atom. The summed E-state index contributed by atoms with van der Waals surface area (Å²) in [6.45, 7) is 0.612. The number of pyridine rings is 1. The number of amides is 1. The zero-order valence-electron chi connectivity index (χ0n) is 15.5. The summed E-state index contributed by atoms with van der Waals surface area (Å²) in [6.07, 6.45) is -3.72. The second kappa shape index (κ2) is 8.86. The maximum absolute atomic E-state index is 13.6. The van der Waals surface area contributed by atoms with Crippen molar-refractivity contribution in [1.82, 2.24) is 20.0 Å². The maximum Gasteiger partial charge on any atom is 0.435 e. The van der Waals surface area contributed by atoms with E-state index in [0.29, 0.717) is 11.3 Å². The van der Waals surface area contributed by atoms with Gasteiger partial charge in [0, 0.05) is 13.2 Å². The van der Waals surface area contributed by atoms with Crippen molar-refractivity contribution >= 4 is 11.6 Å². The topological polar surface area (TPSA) is 91.2 Å². The largest absolute Gasteiger partial charge is 0.475 e. The number of hydrogen-bond acceptors (Lipinski definition) is 6. The minimum Gasteiger partial charge on any atom is -0.475 e. The van der Waals surface area contributed by atoms with Crippen LogP contribution in [0.3, 0.4) is 0 Å². The molecule has 0 fully saturated rings. The third-order valence-corrected chi connectivity index (χ3v) is 3.76. The van der Waals surface area contributed by atoms with Crippen LogP contribution in [0.2, 0.25) is 0 Å². The highest BCUT2D eigenvalue weighted by atomic mass is 19.4. The zero-order chi connectivity index (χ0) is 21.7. The van der Waals surface area contributed by atoms with Gasteiger partial charge in [-0.05, 0) is 30.3 Å². The number of benzene rings is 1. The van der Waals surface area contributed by atoms with E-state index in [1.807, 2.05) is 0 Å². The van der Waals surface area contributed by atoms with Gasteiger partial charge in [0.1, 0.15) is 12.4 Å². The van der Waals surface area contributed by atoms with Crippen LogP contribution in [-0.4, -0.2) is 46.2 Å². The van der Waals surface area contributed by atoms with Gasteiger partial charge in [-0.15, -0.1) is 5.10 Å². The molecule has 1 N–H and O–H groups in total. The highest BCUT2D eigenvalue weighted by molar-refractivity contribution is 6.03. The predicted molar refractivity (Wildman–Crippen MR) is 95.9 cm³/mol. The molecular weight excluding hydrogens is 410 g/mol. The number of anilines is 1. The molecule has 0 aliphatic rings. The van der Waals surface area contributed by atoms with Crippen LogP contribution in [0.15, 0.2) is 42.6 Å². The highest BCUT2D eigenvalue weighted by Gasteiger charge is 2.42. The number of carbonyl (C=O) groups is 1. The molecule has 0 radical (unpaired) electrons. The van der Waals surface area contributed by atoms with E-state index in [-0.39, 0.29) is 23.9 Å². The Hall–Kier alpha value is -3.54. The number of ether oxygens (including phenoxy) is 2. The van der Waals surface area contributed by atoms with Gasteiger partial charge in [-0.3, -0.25) is 4.79 Å². The van der Waals surface area contributed by atoms with Crippen molar-refractivity contribution in [2.45, 2.75) is 6.18 Å². The quantitative estimate of drug-likeness (QED) is 0.462. The first-order valence-corrected chi connectivity index (χ1v) is 8.47. The van der Waals surface area contributed by atoms with Crippen LogP contribution in [0.4, 0.5) is 23.2 Å². The Bertz CT molecular complexity index is 1000. The van der Waals surface area contributed by atoms with E-state index >= 15 is 0 Å². The van der Waals surface area contributed by atoms with E-state index in [4.69, 9.17) is 9.47 Å². The van der Waals surface area contributed by atoms with E-state index in [1.165, 1.54) is 25.4 Å². The van der Waals surface area contributed by atoms with E-state index < -0.39 is 29.3 Å². The molecule has 158 valence electrons. The van der Waals surface area contributed by atoms with Crippen molar-refractivity contribution in [3.8, 4) is 11.6 Å². The summed E-state index contributed by atoms with van der Waals surface area (Å²) in [5.41, 5.74) is -2.30. The van der Waals surface area contributed by atoms with Crippen LogP contribution in [0.1, 0.15) is 16.2 Å². The molecule has 0 unspecified atom stereocenters. The van der Waals surface area contributed by atoms with Crippen LogP contribution in [0.25, 0.3) is 5.69 Å². The second-order valence-electron chi connectivity index (χ2n) is 5.85. The number of methoxy groups -OCH3 is 1. The molecule has 2 heterocycles. The predicted octanol–water partition coefficient (Wildman–Crippen LogP) is 3.10. The lowest BCUT2D eigenvalue weighted by Gasteiger charge is -2.11. The van der Waals surface area contributed by atoms with Crippen LogP contribution in [0, 0.1) is 5.82 Å². The molecule has 0 saturated heterocycles. The average molecular weight is 425 g/mol. The fourth-order valence-electron chi connectivity index (χ4n) is 2.41. The first-order valence-electron chi connectivity index (χ1n) is 8.47. The second-order valence-corrected chi connectivity index (χ2v) is 5.85. The monoisotopic (exact) mass is 425 g/mol. The van der Waals surface area contributed by atoms with Crippen LogP contribution in [0.5, 0.6) is 5.88 Å². The molecule has 0 aliphatic heterocycles. The van der Waals surface area contributed by atoms with Crippen LogP contribution >= 0.6 is 0 Å². The van der Waals surface area contributed by atoms with Gasteiger partial charge in [-0.25, -0.2) is 14.1 Å². The molecule has 8 nitrogen and oxygen atoms in total. The van der Waals surface area contributed by atoms with Gasteiger partial charge in [0.25, 0.3) is 5.91 Å². The molecule has 1 amide bonds. The molecule has 3 aromatic rings. The van der Waals surface area contributed by atoms with E-state index in [1.54, 1.807) is 0 Å². The van der Waals surface area contributed by atoms with Gasteiger partial charge in [-0.1, -0.05) is 5.21 Å². The lowest BCUT2D eigenvalue weighted by Crippen LogP contribution is -2.21. The first kappa shape index (κ1) is 21.2. The average Bonchev–Trinajstić information content (AvgIpc) is 3.16. The molecule has 0 atom stereocenters. The molecule has 1 aromatic carbocycles. The Morgan fingerprint density at radius 1 is 1.13 bits per heavy atom. The van der Waals surface area contributed by atoms with Crippen molar-refractivity contribution in [3.05, 3.63) is 59.8 Å². The highest BCUT2D eigenvalue weighted by Crippen LogP contribution is 2.33. The lowest BCUT2D eigenvalue weighted by molar-refractivity contribution is -0.143. The molecule has 3 rings (SSSR count). The Morgan fingerprint density at radius 3 is 2.47 bits per heavy atom. The number of nitrogens with one attached hydrogen (secondary N) is 1. The van der Waals surface area contributed by atoms with Gasteiger partial charge >= 0.3 is 6.18 Å². The number of carbonyl (C=O) groups excluding carboxylic acids is 1. The van der Waals surface area contributed by atoms with E-state index in [0.717, 1.165) is 24.3 Å². The minimum atomic E-state index is -4.94. The van der Waals surface area contributed by atoms with Gasteiger partial charge in [0.2, 0.25) is 5.88 Å². The maximum atomic E-state index is 13.6. The number of aromatic nitrogens is 4. The Balaban J connectivity index is 1.83. The van der Waals surface area contributed by atoms with Gasteiger partial charge in [-0.2, -0.15) is 13.2 Å². The molecule has 0 spiro atoms. The van der Waals surface area contributed by atoms with E-state index in [9.17, 15) is 22.4 Å². The minimum absolute atomic E-state index is 0.102. The van der Waals surface area contributed by atoms with Crippen molar-refractivity contribution in [1.29, 1.82) is 0 Å². The number of halogens is 4. The number of rotatable bonds is 7. The molecule has 30 heavy (non-hydrogen) atoms. The number of hydrogen-bond donors (Lipinski definition) is 1. The Kier molecular flexibility index (Phi) is 6.26. The molecule has 0 aliphatic carbocycles. The van der Waals surface area contributed by atoms with Crippen LogP contribution in [-0.2, 0) is 10.9 Å². The summed E-state index contributed by atoms with van der Waals surface area (Å²) in [5, 5.41) is 9.07. The molecule has 2 aromatic heterocycles. The van der Waals surface area contributed by atoms with Crippen molar-refractivity contribution in [2.75, 3.05) is 25.6 Å². The van der Waals surface area contributed by atoms with Crippen LogP contribution < -0.4 is 10.1 Å². The summed E-state index contributed by atoms with van der Waals surface area (Å²) in [5.74, 6) is -1.51. The summed E-state index contributed by atoms with van der Waals surface area (Å²) < 4.78 is 64.4.